The van der Waals surface area contributed by atoms with Gasteiger partial charge in [-0.05, 0) is 44.9 Å². The summed E-state index contributed by atoms with van der Waals surface area (Å²) in [5.41, 5.74) is 0. The highest BCUT2D eigenvalue weighted by Gasteiger charge is 2.25. The maximum atomic E-state index is 12.8. The van der Waals surface area contributed by atoms with Crippen molar-refractivity contribution in [1.29, 1.82) is 0 Å². The Balaban J connectivity index is 4.17. The molecule has 66 heavy (non-hydrogen) atoms. The van der Waals surface area contributed by atoms with Gasteiger partial charge in [-0.2, -0.15) is 0 Å². The van der Waals surface area contributed by atoms with E-state index >= 15 is 0 Å². The first kappa shape index (κ1) is 63.8. The molecule has 0 saturated carbocycles. The van der Waals surface area contributed by atoms with Crippen LogP contribution in [0.5, 0.6) is 0 Å². The van der Waals surface area contributed by atoms with E-state index in [0.717, 1.165) is 51.4 Å². The highest BCUT2D eigenvalue weighted by molar-refractivity contribution is 5.70. The first-order valence-corrected chi connectivity index (χ1v) is 28.4. The lowest BCUT2D eigenvalue weighted by molar-refractivity contribution is -0.889. The molecule has 8 nitrogen and oxygen atoms in total. The van der Waals surface area contributed by atoms with Crippen LogP contribution in [0.2, 0.25) is 0 Å². The molecule has 0 saturated heterocycles. The minimum absolute atomic E-state index is 0.0421. The van der Waals surface area contributed by atoms with Gasteiger partial charge in [-0.25, -0.2) is 0 Å². The number of unbranched alkanes of at least 4 members (excludes halogenated alkanes) is 34. The minimum atomic E-state index is -1.12. The minimum Gasteiger partial charge on any atom is -0.544 e. The van der Waals surface area contributed by atoms with Crippen molar-refractivity contribution in [2.24, 2.45) is 0 Å². The molecular weight excluding hydrogens is 823 g/mol. The lowest BCUT2D eigenvalue weighted by atomic mass is 10.0. The first-order chi connectivity index (χ1) is 32.1. The Labute approximate surface area is 409 Å². The topological polar surface area (TPSA) is 102 Å². The molecule has 2 atom stereocenters. The van der Waals surface area contributed by atoms with Gasteiger partial charge in [-0.3, -0.25) is 9.59 Å². The number of esters is 2. The number of hydrogen-bond donors (Lipinski definition) is 0. The number of hydrogen-bond acceptors (Lipinski definition) is 7. The molecule has 0 aromatic heterocycles. The van der Waals surface area contributed by atoms with E-state index in [1.165, 1.54) is 193 Å². The molecule has 0 bridgehead atoms. The van der Waals surface area contributed by atoms with Crippen molar-refractivity contribution in [3.8, 4) is 0 Å². The van der Waals surface area contributed by atoms with Gasteiger partial charge in [0.2, 0.25) is 0 Å². The first-order valence-electron chi connectivity index (χ1n) is 28.4. The smallest absolute Gasteiger partial charge is 0.306 e. The number of likely N-dealkylation sites (N-methyl/N-ethyl adjacent to an activating group) is 1. The summed E-state index contributed by atoms with van der Waals surface area (Å²) in [5.74, 6) is -1.72. The number of quaternary nitrogens is 1. The van der Waals surface area contributed by atoms with Crippen LogP contribution in [0.3, 0.4) is 0 Å². The molecule has 0 aromatic carbocycles. The van der Waals surface area contributed by atoms with E-state index in [1.54, 1.807) is 0 Å². The number of carbonyl (C=O) groups is 3. The third-order valence-corrected chi connectivity index (χ3v) is 13.1. The number of carbonyl (C=O) groups excluding carboxylic acids is 3. The second-order valence-electron chi connectivity index (χ2n) is 20.5. The zero-order chi connectivity index (χ0) is 48.4. The van der Waals surface area contributed by atoms with E-state index < -0.39 is 18.1 Å². The fourth-order valence-corrected chi connectivity index (χ4v) is 8.69. The Hall–Kier alpha value is -2.19. The van der Waals surface area contributed by atoms with Crippen LogP contribution in [0.4, 0.5) is 0 Å². The molecule has 0 aliphatic heterocycles. The van der Waals surface area contributed by atoms with E-state index in [-0.39, 0.29) is 42.7 Å². The zero-order valence-electron chi connectivity index (χ0n) is 44.4. The molecule has 0 N–H and O–H groups in total. The maximum Gasteiger partial charge on any atom is 0.306 e. The Morgan fingerprint density at radius 2 is 0.803 bits per heavy atom. The van der Waals surface area contributed by atoms with E-state index in [2.05, 4.69) is 38.2 Å². The second-order valence-corrected chi connectivity index (χ2v) is 20.5. The van der Waals surface area contributed by atoms with Gasteiger partial charge < -0.3 is 28.6 Å². The normalized spacial score (nSPS) is 12.9. The van der Waals surface area contributed by atoms with Crippen LogP contribution < -0.4 is 5.11 Å². The summed E-state index contributed by atoms with van der Waals surface area (Å²) in [6.07, 6.45) is 57.9. The van der Waals surface area contributed by atoms with Crippen LogP contribution in [-0.2, 0) is 28.6 Å². The second kappa shape index (κ2) is 49.2. The molecule has 0 heterocycles. The molecule has 0 rings (SSSR count). The molecule has 8 heteroatoms. The number of aliphatic carboxylic acids is 1. The zero-order valence-corrected chi connectivity index (χ0v) is 44.4. The lowest BCUT2D eigenvalue weighted by Gasteiger charge is -2.34. The van der Waals surface area contributed by atoms with Gasteiger partial charge in [0, 0.05) is 19.3 Å². The van der Waals surface area contributed by atoms with Crippen molar-refractivity contribution in [3.63, 3.8) is 0 Å². The summed E-state index contributed by atoms with van der Waals surface area (Å²) < 4.78 is 17.3. The number of allylic oxidation sites excluding steroid dienone is 4. The summed E-state index contributed by atoms with van der Waals surface area (Å²) in [4.78, 5) is 37.1. The molecule has 388 valence electrons. The quantitative estimate of drug-likeness (QED) is 0.0259. The largest absolute Gasteiger partial charge is 0.544 e. The van der Waals surface area contributed by atoms with Crippen molar-refractivity contribution in [2.75, 3.05) is 41.0 Å². The van der Waals surface area contributed by atoms with Crippen LogP contribution in [0, 0.1) is 0 Å². The van der Waals surface area contributed by atoms with Crippen LogP contribution in [0.1, 0.15) is 277 Å². The van der Waals surface area contributed by atoms with Crippen LogP contribution in [0.25, 0.3) is 0 Å². The third-order valence-electron chi connectivity index (χ3n) is 13.1. The summed E-state index contributed by atoms with van der Waals surface area (Å²) in [6.45, 7) is 4.71. The monoisotopic (exact) mass is 932 g/mol. The van der Waals surface area contributed by atoms with Crippen molar-refractivity contribution >= 4 is 17.9 Å². The average Bonchev–Trinajstić information content (AvgIpc) is 3.28. The highest BCUT2D eigenvalue weighted by atomic mass is 16.6. The Morgan fingerprint density at radius 1 is 0.455 bits per heavy atom. The molecule has 0 radical (unpaired) electrons. The molecule has 0 aliphatic carbocycles. The summed E-state index contributed by atoms with van der Waals surface area (Å²) in [7, 11) is 5.43. The van der Waals surface area contributed by atoms with Crippen LogP contribution >= 0.6 is 0 Å². The van der Waals surface area contributed by atoms with Crippen molar-refractivity contribution in [2.45, 2.75) is 289 Å². The predicted molar refractivity (Wildman–Crippen MR) is 277 cm³/mol. The molecule has 0 fully saturated rings. The van der Waals surface area contributed by atoms with Gasteiger partial charge in [0.05, 0.1) is 40.3 Å². The number of rotatable bonds is 52. The van der Waals surface area contributed by atoms with Gasteiger partial charge in [-0.1, -0.05) is 237 Å². The summed E-state index contributed by atoms with van der Waals surface area (Å²) in [6, 6.07) is -0.726. The fourth-order valence-electron chi connectivity index (χ4n) is 8.69. The molecule has 2 unspecified atom stereocenters. The standard InChI is InChI=1S/C58H109NO7/c1-6-8-10-12-14-16-18-20-22-24-26-27-28-29-31-33-35-37-39-41-43-45-47-49-57(61)66-54(52-64-51-50-55(58(62)63)59(3,4)5)53-65-56(60)48-46-44-42-40-38-36-34-32-30-25-23-21-19-17-15-13-11-9-7-2/h26-27,29,31,54-55H,6-25,28,30,32-53H2,1-5H3/b27-26+,31-29+. The molecule has 0 amide bonds. The Bertz CT molecular complexity index is 1130. The molecule has 0 spiro atoms. The third kappa shape index (κ3) is 46.9. The number of ether oxygens (including phenoxy) is 3. The molecule has 0 aliphatic rings. The van der Waals surface area contributed by atoms with E-state index in [9.17, 15) is 19.5 Å². The summed E-state index contributed by atoms with van der Waals surface area (Å²) >= 11 is 0. The van der Waals surface area contributed by atoms with E-state index in [1.807, 2.05) is 21.1 Å². The van der Waals surface area contributed by atoms with E-state index in [0.29, 0.717) is 12.8 Å². The van der Waals surface area contributed by atoms with Gasteiger partial charge >= 0.3 is 11.9 Å². The van der Waals surface area contributed by atoms with Crippen molar-refractivity contribution in [3.05, 3.63) is 24.3 Å². The Morgan fingerprint density at radius 3 is 1.17 bits per heavy atom. The molecule has 0 aromatic rings. The van der Waals surface area contributed by atoms with E-state index in [4.69, 9.17) is 14.2 Å². The van der Waals surface area contributed by atoms with Crippen molar-refractivity contribution in [1.82, 2.24) is 0 Å². The number of carboxylic acid groups (broad SMARTS) is 1. The fraction of sp³-hybridized carbons (Fsp3) is 0.879. The maximum absolute atomic E-state index is 12.8. The average molecular weight is 933 g/mol. The summed E-state index contributed by atoms with van der Waals surface area (Å²) in [5, 5.41) is 11.7. The van der Waals surface area contributed by atoms with Gasteiger partial charge in [0.25, 0.3) is 0 Å². The number of nitrogens with zero attached hydrogens (tertiary/aromatic N) is 1. The highest BCUT2D eigenvalue weighted by Crippen LogP contribution is 2.17. The van der Waals surface area contributed by atoms with Gasteiger partial charge in [-0.15, -0.1) is 0 Å². The SMILES string of the molecule is CCCCCCCCCCC/C=C/C/C=C/CCCCCCCCCC(=O)OC(COCCC(C(=O)[O-])[N+](C)(C)C)COC(=O)CCCCCCCCCCCCCCCCCCCCC. The predicted octanol–water partition coefficient (Wildman–Crippen LogP) is 15.4. The van der Waals surface area contributed by atoms with Gasteiger partial charge in [0.1, 0.15) is 12.6 Å². The lowest BCUT2D eigenvalue weighted by Crippen LogP contribution is -2.55. The molecular formula is C58H109NO7. The van der Waals surface area contributed by atoms with Crippen LogP contribution in [-0.4, -0.2) is 75.5 Å². The Kier molecular flexibility index (Phi) is 47.6. The number of carboxylic acids is 1. The van der Waals surface area contributed by atoms with Crippen LogP contribution in [0.15, 0.2) is 24.3 Å². The van der Waals surface area contributed by atoms with Crippen molar-refractivity contribution < 1.29 is 38.2 Å². The van der Waals surface area contributed by atoms with Gasteiger partial charge in [0.15, 0.2) is 6.10 Å².